The summed E-state index contributed by atoms with van der Waals surface area (Å²) in [6, 6.07) is 3.98. The van der Waals surface area contributed by atoms with Crippen molar-refractivity contribution in [3.63, 3.8) is 0 Å². The number of thiophene rings is 1. The molecule has 0 aliphatic heterocycles. The molecule has 1 saturated carbocycles. The minimum Gasteiger partial charge on any atom is -0.294 e. The lowest BCUT2D eigenvalue weighted by Crippen LogP contribution is -2.24. The Morgan fingerprint density at radius 1 is 1.25 bits per heavy atom. The number of carbonyl (C=O) groups excluding carboxylic acids is 2. The van der Waals surface area contributed by atoms with Crippen LogP contribution in [0.15, 0.2) is 27.6 Å². The average Bonchev–Trinajstić information content (AvgIpc) is 2.73. The summed E-state index contributed by atoms with van der Waals surface area (Å²) < 4.78 is 1.04. The van der Waals surface area contributed by atoms with Gasteiger partial charge in [0.15, 0.2) is 11.6 Å². The van der Waals surface area contributed by atoms with Crippen LogP contribution in [0, 0.1) is 5.41 Å². The normalized spacial score (nSPS) is 20.4. The van der Waals surface area contributed by atoms with E-state index in [2.05, 4.69) is 36.7 Å². The molecule has 0 aromatic carbocycles. The van der Waals surface area contributed by atoms with Crippen molar-refractivity contribution in [3.8, 4) is 0 Å². The van der Waals surface area contributed by atoms with Crippen molar-refractivity contribution >= 4 is 38.8 Å². The van der Waals surface area contributed by atoms with Crippen LogP contribution < -0.4 is 0 Å². The molecule has 2 nitrogen and oxygen atoms in total. The second-order valence-corrected chi connectivity index (χ2v) is 8.97. The van der Waals surface area contributed by atoms with Crippen LogP contribution in [0.2, 0.25) is 0 Å². The fourth-order valence-electron chi connectivity index (χ4n) is 2.28. The topological polar surface area (TPSA) is 34.1 Å². The van der Waals surface area contributed by atoms with Crippen molar-refractivity contribution in [3.05, 3.63) is 32.4 Å². The van der Waals surface area contributed by atoms with Crippen LogP contribution in [0.4, 0.5) is 0 Å². The third-order valence-corrected chi connectivity index (χ3v) is 5.17. The number of ketones is 2. The quantitative estimate of drug-likeness (QED) is 0.559. The van der Waals surface area contributed by atoms with Crippen LogP contribution in [-0.4, -0.2) is 11.6 Å². The molecule has 1 aliphatic carbocycles. The zero-order valence-electron chi connectivity index (χ0n) is 12.0. The van der Waals surface area contributed by atoms with Crippen molar-refractivity contribution < 1.29 is 9.59 Å². The molecule has 4 heteroatoms. The molecule has 1 aromatic rings. The Kier molecular flexibility index (Phi) is 4.65. The van der Waals surface area contributed by atoms with Gasteiger partial charge in [-0.25, -0.2) is 0 Å². The SMILES string of the molecule is CC(C)(C)CC=C1C(=O)CC(c2ccc(Br)s2)CC1=O. The Bertz CT molecular complexity index is 543. The van der Waals surface area contributed by atoms with Crippen LogP contribution in [0.1, 0.15) is 50.8 Å². The van der Waals surface area contributed by atoms with Gasteiger partial charge in [0.25, 0.3) is 0 Å². The molecular weight excluding hydrogens is 336 g/mol. The lowest BCUT2D eigenvalue weighted by Gasteiger charge is -2.22. The Labute approximate surface area is 132 Å². The third-order valence-electron chi connectivity index (χ3n) is 3.38. The van der Waals surface area contributed by atoms with E-state index in [0.717, 1.165) is 15.1 Å². The van der Waals surface area contributed by atoms with Gasteiger partial charge in [-0.3, -0.25) is 9.59 Å². The summed E-state index contributed by atoms with van der Waals surface area (Å²) in [5.74, 6) is 0.0538. The van der Waals surface area contributed by atoms with Crippen LogP contribution in [-0.2, 0) is 9.59 Å². The predicted octanol–water partition coefficient (Wildman–Crippen LogP) is 4.89. The van der Waals surface area contributed by atoms with Gasteiger partial charge in [-0.2, -0.15) is 0 Å². The minimum absolute atomic E-state index is 0.0000208. The van der Waals surface area contributed by atoms with Gasteiger partial charge in [0.1, 0.15) is 0 Å². The molecule has 2 rings (SSSR count). The van der Waals surface area contributed by atoms with E-state index in [4.69, 9.17) is 0 Å². The minimum atomic E-state index is 0.0000208. The molecule has 0 spiro atoms. The zero-order chi connectivity index (χ0) is 14.9. The van der Waals surface area contributed by atoms with E-state index in [1.54, 1.807) is 11.3 Å². The predicted molar refractivity (Wildman–Crippen MR) is 86.2 cm³/mol. The van der Waals surface area contributed by atoms with Crippen molar-refractivity contribution in [1.82, 2.24) is 0 Å². The van der Waals surface area contributed by atoms with E-state index in [1.165, 1.54) is 0 Å². The molecule has 1 aliphatic rings. The van der Waals surface area contributed by atoms with E-state index < -0.39 is 0 Å². The van der Waals surface area contributed by atoms with Gasteiger partial charge in [0.2, 0.25) is 0 Å². The molecular formula is C16H19BrO2S. The molecule has 1 heterocycles. The molecule has 0 amide bonds. The van der Waals surface area contributed by atoms with Crippen LogP contribution in [0.5, 0.6) is 0 Å². The fourth-order valence-corrected chi connectivity index (χ4v) is 3.80. The first kappa shape index (κ1) is 15.6. The van der Waals surface area contributed by atoms with E-state index >= 15 is 0 Å². The van der Waals surface area contributed by atoms with Gasteiger partial charge in [0, 0.05) is 23.6 Å². The summed E-state index contributed by atoms with van der Waals surface area (Å²) in [5, 5.41) is 0. The van der Waals surface area contributed by atoms with Gasteiger partial charge in [-0.15, -0.1) is 11.3 Å². The molecule has 20 heavy (non-hydrogen) atoms. The highest BCUT2D eigenvalue weighted by molar-refractivity contribution is 9.11. The van der Waals surface area contributed by atoms with Gasteiger partial charge >= 0.3 is 0 Å². The van der Waals surface area contributed by atoms with Crippen molar-refractivity contribution in [2.45, 2.75) is 46.0 Å². The zero-order valence-corrected chi connectivity index (χ0v) is 14.4. The van der Waals surface area contributed by atoms with Crippen molar-refractivity contribution in [2.24, 2.45) is 5.41 Å². The van der Waals surface area contributed by atoms with E-state index in [1.807, 2.05) is 18.2 Å². The number of allylic oxidation sites excluding steroid dienone is 2. The van der Waals surface area contributed by atoms with Gasteiger partial charge in [-0.05, 0) is 39.9 Å². The molecule has 0 bridgehead atoms. The van der Waals surface area contributed by atoms with Gasteiger partial charge in [-0.1, -0.05) is 26.8 Å². The monoisotopic (exact) mass is 354 g/mol. The van der Waals surface area contributed by atoms with E-state index in [-0.39, 0.29) is 22.9 Å². The largest absolute Gasteiger partial charge is 0.294 e. The van der Waals surface area contributed by atoms with Crippen LogP contribution in [0.25, 0.3) is 0 Å². The van der Waals surface area contributed by atoms with Crippen LogP contribution >= 0.6 is 27.3 Å². The van der Waals surface area contributed by atoms with E-state index in [0.29, 0.717) is 18.4 Å². The first-order chi connectivity index (χ1) is 9.26. The number of hydrogen-bond acceptors (Lipinski definition) is 3. The second kappa shape index (κ2) is 5.94. The standard InChI is InChI=1S/C16H19BrO2S/c1-16(2,3)7-6-11-12(18)8-10(9-13(11)19)14-4-5-15(17)20-14/h4-6,10H,7-9H2,1-3H3. The summed E-state index contributed by atoms with van der Waals surface area (Å²) in [6.07, 6.45) is 3.50. The number of Topliss-reactive ketones (excluding diaryl/α,β-unsaturated/α-hetero) is 2. The summed E-state index contributed by atoms with van der Waals surface area (Å²) in [6.45, 7) is 6.31. The highest BCUT2D eigenvalue weighted by Gasteiger charge is 2.32. The Balaban J connectivity index is 2.13. The lowest BCUT2D eigenvalue weighted by molar-refractivity contribution is -0.124. The maximum atomic E-state index is 12.2. The summed E-state index contributed by atoms with van der Waals surface area (Å²) >= 11 is 5.03. The average molecular weight is 355 g/mol. The van der Waals surface area contributed by atoms with Crippen molar-refractivity contribution in [1.29, 1.82) is 0 Å². The first-order valence-corrected chi connectivity index (χ1v) is 8.39. The van der Waals surface area contributed by atoms with Gasteiger partial charge in [0.05, 0.1) is 9.36 Å². The molecule has 0 N–H and O–H groups in total. The van der Waals surface area contributed by atoms with Crippen LogP contribution in [0.3, 0.4) is 0 Å². The summed E-state index contributed by atoms with van der Waals surface area (Å²) in [4.78, 5) is 25.6. The second-order valence-electron chi connectivity index (χ2n) is 6.48. The number of carbonyl (C=O) groups is 2. The highest BCUT2D eigenvalue weighted by atomic mass is 79.9. The lowest BCUT2D eigenvalue weighted by atomic mass is 9.81. The number of hydrogen-bond donors (Lipinski definition) is 0. The molecule has 108 valence electrons. The third kappa shape index (κ3) is 3.89. The molecule has 0 atom stereocenters. The highest BCUT2D eigenvalue weighted by Crippen LogP contribution is 2.37. The Morgan fingerprint density at radius 2 is 1.85 bits per heavy atom. The summed E-state index contributed by atoms with van der Waals surface area (Å²) in [5.41, 5.74) is 0.523. The molecule has 0 saturated heterocycles. The van der Waals surface area contributed by atoms with Crippen molar-refractivity contribution in [2.75, 3.05) is 0 Å². The molecule has 1 fully saturated rings. The number of rotatable bonds is 2. The maximum Gasteiger partial charge on any atom is 0.166 e. The fraction of sp³-hybridized carbons (Fsp3) is 0.500. The van der Waals surface area contributed by atoms with E-state index in [9.17, 15) is 9.59 Å². The molecule has 0 unspecified atom stereocenters. The Hall–Kier alpha value is -0.740. The maximum absolute atomic E-state index is 12.2. The molecule has 0 radical (unpaired) electrons. The first-order valence-electron chi connectivity index (χ1n) is 6.78. The molecule has 1 aromatic heterocycles. The van der Waals surface area contributed by atoms with Gasteiger partial charge < -0.3 is 0 Å². The smallest absolute Gasteiger partial charge is 0.166 e. The Morgan fingerprint density at radius 3 is 2.30 bits per heavy atom. The number of halogens is 1. The summed E-state index contributed by atoms with van der Waals surface area (Å²) in [7, 11) is 0.